The summed E-state index contributed by atoms with van der Waals surface area (Å²) in [6.07, 6.45) is -0.136. The van der Waals surface area contributed by atoms with E-state index in [1.54, 1.807) is 0 Å². The van der Waals surface area contributed by atoms with E-state index in [0.29, 0.717) is 12.2 Å². The fraction of sp³-hybridized carbons (Fsp3) is 0.500. The molecule has 0 spiro atoms. The molecule has 1 amide bonds. The van der Waals surface area contributed by atoms with E-state index in [1.807, 2.05) is 18.2 Å². The third-order valence-electron chi connectivity index (χ3n) is 3.50. The molecule has 0 fully saturated rings. The van der Waals surface area contributed by atoms with Crippen molar-refractivity contribution in [2.45, 2.75) is 33.2 Å². The second-order valence-electron chi connectivity index (χ2n) is 5.91. The Bertz CT molecular complexity index is 477. The number of carboxylic acid groups (broad SMARTS) is 1. The van der Waals surface area contributed by atoms with Gasteiger partial charge >= 0.3 is 6.09 Å². The molecule has 2 rings (SSSR count). The van der Waals surface area contributed by atoms with E-state index in [1.165, 1.54) is 10.5 Å². The number of benzene rings is 1. The largest absolute Gasteiger partial charge is 0.465 e. The summed E-state index contributed by atoms with van der Waals surface area (Å²) in [5, 5.41) is 9.37. The van der Waals surface area contributed by atoms with Crippen LogP contribution < -0.4 is 5.73 Å². The molecule has 4 nitrogen and oxygen atoms in total. The first-order chi connectivity index (χ1) is 8.32. The molecule has 1 heterocycles. The Morgan fingerprint density at radius 2 is 2.11 bits per heavy atom. The Morgan fingerprint density at radius 3 is 2.67 bits per heavy atom. The van der Waals surface area contributed by atoms with Gasteiger partial charge in [0.05, 0.1) is 6.04 Å². The van der Waals surface area contributed by atoms with Crippen LogP contribution in [-0.4, -0.2) is 22.6 Å². The van der Waals surface area contributed by atoms with Crippen LogP contribution in [0.15, 0.2) is 18.2 Å². The molecular formula is C14H20N2O2. The van der Waals surface area contributed by atoms with Gasteiger partial charge in [0.2, 0.25) is 0 Å². The van der Waals surface area contributed by atoms with Crippen LogP contribution in [0.25, 0.3) is 0 Å². The van der Waals surface area contributed by atoms with Crippen LogP contribution in [0.2, 0.25) is 0 Å². The smallest absolute Gasteiger partial charge is 0.407 e. The Kier molecular flexibility index (Phi) is 2.97. The number of hydrogen-bond acceptors (Lipinski definition) is 2. The highest BCUT2D eigenvalue weighted by atomic mass is 16.4. The van der Waals surface area contributed by atoms with E-state index in [9.17, 15) is 9.90 Å². The molecule has 0 aliphatic carbocycles. The molecule has 0 saturated carbocycles. The third kappa shape index (κ3) is 2.03. The van der Waals surface area contributed by atoms with Gasteiger partial charge in [0.15, 0.2) is 0 Å². The quantitative estimate of drug-likeness (QED) is 0.694. The minimum atomic E-state index is -0.871. The van der Waals surface area contributed by atoms with Gasteiger partial charge in [-0.1, -0.05) is 32.9 Å². The number of fused-ring (bicyclic) bond motifs is 1. The summed E-state index contributed by atoms with van der Waals surface area (Å²) in [6, 6.07) is 5.65. The van der Waals surface area contributed by atoms with E-state index in [2.05, 4.69) is 20.8 Å². The highest BCUT2D eigenvalue weighted by Crippen LogP contribution is 2.44. The van der Waals surface area contributed by atoms with Gasteiger partial charge in [-0.2, -0.15) is 0 Å². The minimum Gasteiger partial charge on any atom is -0.465 e. The SMILES string of the molecule is CC(C)(C)C1c2c(N)cccc2CCN1C(=O)O. The number of nitrogens with zero attached hydrogens (tertiary/aromatic N) is 1. The summed E-state index contributed by atoms with van der Waals surface area (Å²) in [5.41, 5.74) is 8.74. The van der Waals surface area contributed by atoms with Crippen LogP contribution in [0.4, 0.5) is 10.5 Å². The maximum atomic E-state index is 11.4. The average Bonchev–Trinajstić information content (AvgIpc) is 2.26. The Morgan fingerprint density at radius 1 is 1.44 bits per heavy atom. The lowest BCUT2D eigenvalue weighted by molar-refractivity contribution is 0.0763. The maximum absolute atomic E-state index is 11.4. The van der Waals surface area contributed by atoms with Gasteiger partial charge < -0.3 is 15.7 Å². The van der Waals surface area contributed by atoms with Gasteiger partial charge in [0.25, 0.3) is 0 Å². The molecule has 1 atom stereocenters. The zero-order chi connectivity index (χ0) is 13.5. The van der Waals surface area contributed by atoms with Crippen molar-refractivity contribution < 1.29 is 9.90 Å². The van der Waals surface area contributed by atoms with Crippen molar-refractivity contribution in [3.8, 4) is 0 Å². The second-order valence-corrected chi connectivity index (χ2v) is 5.91. The summed E-state index contributed by atoms with van der Waals surface area (Å²) >= 11 is 0. The van der Waals surface area contributed by atoms with Crippen LogP contribution in [0.3, 0.4) is 0 Å². The predicted octanol–water partition coefficient (Wildman–Crippen LogP) is 2.89. The first-order valence-corrected chi connectivity index (χ1v) is 6.19. The van der Waals surface area contributed by atoms with Crippen LogP contribution in [-0.2, 0) is 6.42 Å². The Labute approximate surface area is 107 Å². The summed E-state index contributed by atoms with van der Waals surface area (Å²) in [4.78, 5) is 12.9. The van der Waals surface area contributed by atoms with E-state index < -0.39 is 6.09 Å². The summed E-state index contributed by atoms with van der Waals surface area (Å²) in [7, 11) is 0. The molecule has 1 aliphatic rings. The normalized spacial score (nSPS) is 19.5. The zero-order valence-electron chi connectivity index (χ0n) is 11.1. The standard InChI is InChI=1S/C14H20N2O2/c1-14(2,3)12-11-9(5-4-6-10(11)15)7-8-16(12)13(17)18/h4-6,12H,7-8,15H2,1-3H3,(H,17,18). The fourth-order valence-electron chi connectivity index (χ4n) is 2.82. The topological polar surface area (TPSA) is 66.6 Å². The van der Waals surface area contributed by atoms with Crippen molar-refractivity contribution in [1.29, 1.82) is 0 Å². The first-order valence-electron chi connectivity index (χ1n) is 6.19. The van der Waals surface area contributed by atoms with Gasteiger partial charge in [0, 0.05) is 17.8 Å². The minimum absolute atomic E-state index is 0.178. The Hall–Kier alpha value is -1.71. The van der Waals surface area contributed by atoms with Gasteiger partial charge in [0.1, 0.15) is 0 Å². The van der Waals surface area contributed by atoms with Gasteiger partial charge in [-0.05, 0) is 23.5 Å². The molecule has 1 aliphatic heterocycles. The first kappa shape index (κ1) is 12.7. The molecular weight excluding hydrogens is 228 g/mol. The highest BCUT2D eigenvalue weighted by molar-refractivity contribution is 5.68. The van der Waals surface area contributed by atoms with Crippen molar-refractivity contribution >= 4 is 11.8 Å². The van der Waals surface area contributed by atoms with Crippen molar-refractivity contribution in [3.63, 3.8) is 0 Å². The maximum Gasteiger partial charge on any atom is 0.407 e. The summed E-state index contributed by atoms with van der Waals surface area (Å²) in [6.45, 7) is 6.69. The van der Waals surface area contributed by atoms with E-state index >= 15 is 0 Å². The fourth-order valence-corrected chi connectivity index (χ4v) is 2.82. The number of rotatable bonds is 0. The molecule has 1 aromatic rings. The van der Waals surface area contributed by atoms with Crippen LogP contribution >= 0.6 is 0 Å². The monoisotopic (exact) mass is 248 g/mol. The molecule has 0 saturated heterocycles. The summed E-state index contributed by atoms with van der Waals surface area (Å²) in [5.74, 6) is 0. The van der Waals surface area contributed by atoms with Crippen molar-refractivity contribution in [3.05, 3.63) is 29.3 Å². The predicted molar refractivity (Wildman–Crippen MR) is 71.5 cm³/mol. The molecule has 1 unspecified atom stereocenters. The lowest BCUT2D eigenvalue weighted by atomic mass is 9.76. The van der Waals surface area contributed by atoms with Gasteiger partial charge in [-0.15, -0.1) is 0 Å². The van der Waals surface area contributed by atoms with Crippen LogP contribution in [0.1, 0.15) is 37.9 Å². The van der Waals surface area contributed by atoms with Crippen LogP contribution in [0, 0.1) is 5.41 Å². The molecule has 3 N–H and O–H groups in total. The molecule has 98 valence electrons. The van der Waals surface area contributed by atoms with Crippen LogP contribution in [0.5, 0.6) is 0 Å². The van der Waals surface area contributed by atoms with Crippen molar-refractivity contribution in [2.75, 3.05) is 12.3 Å². The van der Waals surface area contributed by atoms with Gasteiger partial charge in [-0.25, -0.2) is 4.79 Å². The van der Waals surface area contributed by atoms with E-state index in [0.717, 1.165) is 12.0 Å². The number of nitrogens with two attached hydrogens (primary N) is 1. The number of nitrogen functional groups attached to an aromatic ring is 1. The Balaban J connectivity index is 2.59. The second kappa shape index (κ2) is 4.19. The number of hydrogen-bond donors (Lipinski definition) is 2. The van der Waals surface area contributed by atoms with Gasteiger partial charge in [-0.3, -0.25) is 0 Å². The molecule has 0 aromatic heterocycles. The average molecular weight is 248 g/mol. The van der Waals surface area contributed by atoms with E-state index in [4.69, 9.17) is 5.73 Å². The lowest BCUT2D eigenvalue weighted by Crippen LogP contribution is -2.45. The zero-order valence-corrected chi connectivity index (χ0v) is 11.1. The molecule has 0 radical (unpaired) electrons. The molecule has 4 heteroatoms. The third-order valence-corrected chi connectivity index (χ3v) is 3.50. The number of carbonyl (C=O) groups is 1. The highest BCUT2D eigenvalue weighted by Gasteiger charge is 2.39. The number of anilines is 1. The molecule has 1 aromatic carbocycles. The van der Waals surface area contributed by atoms with Crippen molar-refractivity contribution in [2.24, 2.45) is 5.41 Å². The lowest BCUT2D eigenvalue weighted by Gasteiger charge is -2.43. The van der Waals surface area contributed by atoms with E-state index in [-0.39, 0.29) is 11.5 Å². The summed E-state index contributed by atoms with van der Waals surface area (Å²) < 4.78 is 0. The number of amides is 1. The van der Waals surface area contributed by atoms with Crippen molar-refractivity contribution in [1.82, 2.24) is 4.90 Å². The molecule has 18 heavy (non-hydrogen) atoms. The molecule has 0 bridgehead atoms.